The number of hydrogen-bond acceptors (Lipinski definition) is 4. The largest absolute Gasteiger partial charge is 0.288 e. The lowest BCUT2D eigenvalue weighted by Gasteiger charge is -1.96. The Morgan fingerprint density at radius 2 is 2.20 bits per heavy atom. The molecule has 0 aromatic rings. The number of nitrogens with zero attached hydrogens (tertiary/aromatic N) is 3. The van der Waals surface area contributed by atoms with Crippen molar-refractivity contribution in [1.29, 1.82) is 0 Å². The number of hydrogen-bond donors (Lipinski definition) is 0. The quantitative estimate of drug-likeness (QED) is 0.457. The molecular formula is C6H3N3O. The van der Waals surface area contributed by atoms with E-state index < -0.39 is 0 Å². The Labute approximate surface area is 56.7 Å². The number of dihydropyridines is 1. The summed E-state index contributed by atoms with van der Waals surface area (Å²) in [5.41, 5.74) is 0.563. The normalized spacial score (nSPS) is 20.6. The van der Waals surface area contributed by atoms with Crippen LogP contribution in [0, 0.1) is 0 Å². The lowest BCUT2D eigenvalue weighted by molar-refractivity contribution is -0.108. The molecule has 0 saturated heterocycles. The molecule has 10 heavy (non-hydrogen) atoms. The Morgan fingerprint density at radius 1 is 1.30 bits per heavy atom. The van der Waals surface area contributed by atoms with Crippen LogP contribution in [-0.4, -0.2) is 24.2 Å². The minimum absolute atomic E-state index is 0.131. The maximum absolute atomic E-state index is 10.7. The highest BCUT2D eigenvalue weighted by Crippen LogP contribution is 2.09. The van der Waals surface area contributed by atoms with Crippen LogP contribution in [0.15, 0.2) is 26.8 Å². The minimum Gasteiger partial charge on any atom is -0.288 e. The van der Waals surface area contributed by atoms with Gasteiger partial charge in [0, 0.05) is 6.08 Å². The molecule has 2 rings (SSSR count). The first-order valence-corrected chi connectivity index (χ1v) is 2.77. The number of fused-ring (bicyclic) bond motifs is 1. The predicted molar refractivity (Wildman–Crippen MR) is 37.5 cm³/mol. The van der Waals surface area contributed by atoms with E-state index in [1.165, 1.54) is 18.6 Å². The van der Waals surface area contributed by atoms with Gasteiger partial charge in [0.25, 0.3) is 0 Å². The highest BCUT2D eigenvalue weighted by molar-refractivity contribution is 6.39. The van der Waals surface area contributed by atoms with Gasteiger partial charge in [0.05, 0.1) is 6.21 Å². The molecule has 0 atom stereocenters. The molecule has 0 N–H and O–H groups in total. The average molecular weight is 133 g/mol. The second kappa shape index (κ2) is 1.70. The van der Waals surface area contributed by atoms with Crippen LogP contribution in [0.5, 0.6) is 0 Å². The van der Waals surface area contributed by atoms with Gasteiger partial charge in [0.2, 0.25) is 0 Å². The Morgan fingerprint density at radius 3 is 3.10 bits per heavy atom. The van der Waals surface area contributed by atoms with Crippen LogP contribution in [0.1, 0.15) is 0 Å². The molecule has 0 aromatic carbocycles. The van der Waals surface area contributed by atoms with E-state index in [-0.39, 0.29) is 5.78 Å². The van der Waals surface area contributed by atoms with E-state index in [0.717, 1.165) is 0 Å². The van der Waals surface area contributed by atoms with E-state index in [4.69, 9.17) is 0 Å². The molecule has 0 aliphatic carbocycles. The molecule has 0 aromatic heterocycles. The SMILES string of the molecule is O=C1C=NC2=NC=NC2=C1. The van der Waals surface area contributed by atoms with Crippen LogP contribution in [0.2, 0.25) is 0 Å². The van der Waals surface area contributed by atoms with Gasteiger partial charge in [-0.15, -0.1) is 0 Å². The number of carbonyl (C=O) groups is 1. The number of rotatable bonds is 0. The van der Waals surface area contributed by atoms with Crippen LogP contribution in [0.3, 0.4) is 0 Å². The summed E-state index contributed by atoms with van der Waals surface area (Å²) in [6, 6.07) is 0. The molecule has 4 nitrogen and oxygen atoms in total. The third-order valence-corrected chi connectivity index (χ3v) is 1.20. The number of allylic oxidation sites excluding steroid dienone is 1. The smallest absolute Gasteiger partial charge is 0.199 e. The standard InChI is InChI=1S/C6H3N3O/c10-4-1-5-6(7-2-4)9-3-8-5/h1-3H. The molecule has 4 heteroatoms. The molecule has 0 unspecified atom stereocenters. The van der Waals surface area contributed by atoms with E-state index in [0.29, 0.717) is 11.5 Å². The van der Waals surface area contributed by atoms with Gasteiger partial charge in [0.15, 0.2) is 11.6 Å². The van der Waals surface area contributed by atoms with Gasteiger partial charge >= 0.3 is 0 Å². The first kappa shape index (κ1) is 5.22. The molecule has 0 radical (unpaired) electrons. The van der Waals surface area contributed by atoms with E-state index in [2.05, 4.69) is 15.0 Å². The molecule has 0 amide bonds. The van der Waals surface area contributed by atoms with Crippen molar-refractivity contribution in [3.63, 3.8) is 0 Å². The molecule has 0 fully saturated rings. The topological polar surface area (TPSA) is 54.1 Å². The number of amidine groups is 1. The molecule has 0 bridgehead atoms. The van der Waals surface area contributed by atoms with Crippen molar-refractivity contribution in [3.05, 3.63) is 11.8 Å². The number of aliphatic imine (C=N–C) groups is 3. The average Bonchev–Trinajstić information content (AvgIpc) is 2.33. The van der Waals surface area contributed by atoms with E-state index >= 15 is 0 Å². The Balaban J connectivity index is 2.51. The lowest BCUT2D eigenvalue weighted by Crippen LogP contribution is -2.07. The Kier molecular flexibility index (Phi) is 0.887. The van der Waals surface area contributed by atoms with Gasteiger partial charge in [0.1, 0.15) is 12.0 Å². The highest BCUT2D eigenvalue weighted by atomic mass is 16.1. The summed E-state index contributed by atoms with van der Waals surface area (Å²) >= 11 is 0. The molecule has 0 saturated carbocycles. The van der Waals surface area contributed by atoms with Gasteiger partial charge in [-0.1, -0.05) is 0 Å². The fourth-order valence-electron chi connectivity index (χ4n) is 0.768. The molecule has 2 heterocycles. The van der Waals surface area contributed by atoms with Crippen molar-refractivity contribution >= 4 is 24.2 Å². The summed E-state index contributed by atoms with van der Waals surface area (Å²) in [7, 11) is 0. The summed E-state index contributed by atoms with van der Waals surface area (Å²) < 4.78 is 0. The van der Waals surface area contributed by atoms with Gasteiger partial charge in [-0.2, -0.15) is 0 Å². The molecular weight excluding hydrogens is 130 g/mol. The molecule has 2 aliphatic rings. The first-order chi connectivity index (χ1) is 4.86. The van der Waals surface area contributed by atoms with Crippen LogP contribution < -0.4 is 0 Å². The summed E-state index contributed by atoms with van der Waals surface area (Å²) in [5.74, 6) is 0.396. The first-order valence-electron chi connectivity index (χ1n) is 2.77. The zero-order valence-corrected chi connectivity index (χ0v) is 4.98. The zero-order chi connectivity index (χ0) is 6.97. The second-order valence-electron chi connectivity index (χ2n) is 1.89. The number of carbonyl (C=O) groups excluding carboxylic acids is 1. The Bertz CT molecular complexity index is 309. The molecule has 2 aliphatic heterocycles. The predicted octanol–water partition coefficient (Wildman–Crippen LogP) is -0.0358. The summed E-state index contributed by atoms with van der Waals surface area (Å²) in [5, 5.41) is 0. The maximum atomic E-state index is 10.7. The van der Waals surface area contributed by atoms with E-state index in [1.54, 1.807) is 0 Å². The monoisotopic (exact) mass is 133 g/mol. The van der Waals surface area contributed by atoms with Crippen molar-refractivity contribution in [1.82, 2.24) is 0 Å². The third-order valence-electron chi connectivity index (χ3n) is 1.20. The fraction of sp³-hybridized carbons (Fsp3) is 0. The Hall–Kier alpha value is -1.58. The van der Waals surface area contributed by atoms with Crippen molar-refractivity contribution in [2.75, 3.05) is 0 Å². The molecule has 0 spiro atoms. The highest BCUT2D eigenvalue weighted by Gasteiger charge is 2.13. The van der Waals surface area contributed by atoms with Gasteiger partial charge in [-0.05, 0) is 0 Å². The molecule has 48 valence electrons. The van der Waals surface area contributed by atoms with E-state index in [1.807, 2.05) is 0 Å². The van der Waals surface area contributed by atoms with Crippen molar-refractivity contribution in [3.8, 4) is 0 Å². The fourth-order valence-corrected chi connectivity index (χ4v) is 0.768. The van der Waals surface area contributed by atoms with Crippen molar-refractivity contribution in [2.45, 2.75) is 0 Å². The summed E-state index contributed by atoms with van der Waals surface area (Å²) in [4.78, 5) is 22.0. The van der Waals surface area contributed by atoms with Crippen LogP contribution in [-0.2, 0) is 4.79 Å². The van der Waals surface area contributed by atoms with Crippen LogP contribution in [0.4, 0.5) is 0 Å². The maximum Gasteiger partial charge on any atom is 0.199 e. The second-order valence-corrected chi connectivity index (χ2v) is 1.89. The van der Waals surface area contributed by atoms with Crippen molar-refractivity contribution < 1.29 is 4.79 Å². The van der Waals surface area contributed by atoms with Gasteiger partial charge in [-0.3, -0.25) is 4.79 Å². The third kappa shape index (κ3) is 0.621. The van der Waals surface area contributed by atoms with E-state index in [9.17, 15) is 4.79 Å². The van der Waals surface area contributed by atoms with Gasteiger partial charge in [-0.25, -0.2) is 15.0 Å². The number of ketones is 1. The lowest BCUT2D eigenvalue weighted by atomic mass is 10.2. The van der Waals surface area contributed by atoms with Gasteiger partial charge < -0.3 is 0 Å². The minimum atomic E-state index is -0.131. The zero-order valence-electron chi connectivity index (χ0n) is 4.98. The van der Waals surface area contributed by atoms with Crippen molar-refractivity contribution in [2.24, 2.45) is 15.0 Å². The van der Waals surface area contributed by atoms with Crippen LogP contribution >= 0.6 is 0 Å². The summed E-state index contributed by atoms with van der Waals surface area (Å²) in [6.07, 6.45) is 4.03. The summed E-state index contributed by atoms with van der Waals surface area (Å²) in [6.45, 7) is 0. The van der Waals surface area contributed by atoms with Crippen LogP contribution in [0.25, 0.3) is 0 Å².